The van der Waals surface area contributed by atoms with Crippen molar-refractivity contribution in [3.8, 4) is 18.2 Å². The summed E-state index contributed by atoms with van der Waals surface area (Å²) in [6, 6.07) is 6.43. The van der Waals surface area contributed by atoms with Gasteiger partial charge in [0.15, 0.2) is 5.57 Å². The summed E-state index contributed by atoms with van der Waals surface area (Å²) < 4.78 is 13.8. The van der Waals surface area contributed by atoms with E-state index in [1.165, 1.54) is 12.1 Å². The smallest absolute Gasteiger partial charge is 0.335 e. The van der Waals surface area contributed by atoms with Crippen molar-refractivity contribution in [1.29, 1.82) is 15.8 Å². The lowest BCUT2D eigenvalue weighted by molar-refractivity contribution is 0.0696. The third-order valence-corrected chi connectivity index (χ3v) is 2.75. The molecule has 0 aliphatic heterocycles. The fourth-order valence-electron chi connectivity index (χ4n) is 1.22. The van der Waals surface area contributed by atoms with Crippen LogP contribution in [0.5, 0.6) is 0 Å². The van der Waals surface area contributed by atoms with Crippen LogP contribution < -0.4 is 5.32 Å². The van der Waals surface area contributed by atoms with Crippen LogP contribution >= 0.6 is 15.9 Å². The summed E-state index contributed by atoms with van der Waals surface area (Å²) in [5, 5.41) is 37.2. The summed E-state index contributed by atoms with van der Waals surface area (Å²) in [6.45, 7) is 0. The van der Waals surface area contributed by atoms with Gasteiger partial charge in [0.25, 0.3) is 0 Å². The number of allylic oxidation sites excluding steroid dienone is 2. The van der Waals surface area contributed by atoms with Gasteiger partial charge in [-0.3, -0.25) is 0 Å². The van der Waals surface area contributed by atoms with E-state index in [1.54, 1.807) is 6.07 Å². The van der Waals surface area contributed by atoms with Crippen molar-refractivity contribution in [2.45, 2.75) is 0 Å². The molecule has 6 nitrogen and oxygen atoms in total. The van der Waals surface area contributed by atoms with E-state index < -0.39 is 23.1 Å². The molecule has 0 unspecified atom stereocenters. The predicted octanol–water partition coefficient (Wildman–Crippen LogP) is 2.52. The van der Waals surface area contributed by atoms with Crippen LogP contribution in [-0.2, 0) is 0 Å². The Hall–Kier alpha value is -2.89. The molecule has 0 atom stereocenters. The van der Waals surface area contributed by atoms with Gasteiger partial charge in [-0.2, -0.15) is 15.8 Å². The van der Waals surface area contributed by atoms with Crippen LogP contribution in [0.4, 0.5) is 10.1 Å². The molecule has 1 rings (SSSR count). The van der Waals surface area contributed by atoms with Crippen LogP contribution in [0.2, 0.25) is 0 Å². The van der Waals surface area contributed by atoms with Gasteiger partial charge in [0.1, 0.15) is 29.7 Å². The SMILES string of the molecule is N#CC(C#N)=C(C#N)Nc1c(F)cc(C(=O)O)cc1Br. The number of carboxylic acids is 1. The number of nitriles is 3. The van der Waals surface area contributed by atoms with E-state index in [2.05, 4.69) is 21.2 Å². The van der Waals surface area contributed by atoms with Crippen LogP contribution in [0.25, 0.3) is 0 Å². The number of rotatable bonds is 3. The number of carboxylic acid groups (broad SMARTS) is 1. The van der Waals surface area contributed by atoms with Gasteiger partial charge < -0.3 is 10.4 Å². The minimum Gasteiger partial charge on any atom is -0.478 e. The summed E-state index contributed by atoms with van der Waals surface area (Å²) in [6.07, 6.45) is 0. The van der Waals surface area contributed by atoms with Crippen molar-refractivity contribution in [3.63, 3.8) is 0 Å². The molecule has 0 saturated carbocycles. The molecule has 20 heavy (non-hydrogen) atoms. The molecule has 0 bridgehead atoms. The largest absolute Gasteiger partial charge is 0.478 e. The second kappa shape index (κ2) is 6.33. The molecule has 1 aromatic carbocycles. The first-order chi connectivity index (χ1) is 9.44. The maximum absolute atomic E-state index is 13.8. The first-order valence-corrected chi connectivity index (χ1v) is 5.67. The normalized spacial score (nSPS) is 8.75. The molecule has 0 aliphatic rings. The van der Waals surface area contributed by atoms with Crippen molar-refractivity contribution in [2.75, 3.05) is 5.32 Å². The van der Waals surface area contributed by atoms with Crippen molar-refractivity contribution in [1.82, 2.24) is 0 Å². The highest BCUT2D eigenvalue weighted by Crippen LogP contribution is 2.29. The number of nitrogens with zero attached hydrogens (tertiary/aromatic N) is 3. The number of carbonyl (C=O) groups is 1. The number of halogens is 2. The van der Waals surface area contributed by atoms with Gasteiger partial charge in [0, 0.05) is 4.47 Å². The minimum absolute atomic E-state index is 0.0397. The van der Waals surface area contributed by atoms with E-state index in [4.69, 9.17) is 20.9 Å². The van der Waals surface area contributed by atoms with Crippen molar-refractivity contribution in [2.24, 2.45) is 0 Å². The van der Waals surface area contributed by atoms with Crippen LogP contribution in [0, 0.1) is 39.8 Å². The molecule has 1 aromatic rings. The van der Waals surface area contributed by atoms with Gasteiger partial charge in [-0.25, -0.2) is 9.18 Å². The fraction of sp³-hybridized carbons (Fsp3) is 0. The number of aromatic carboxylic acids is 1. The van der Waals surface area contributed by atoms with Crippen LogP contribution in [0.3, 0.4) is 0 Å². The van der Waals surface area contributed by atoms with E-state index in [1.807, 2.05) is 0 Å². The molecular formula is C12H4BrFN4O2. The zero-order valence-electron chi connectivity index (χ0n) is 9.61. The second-order valence-corrected chi connectivity index (χ2v) is 4.18. The Morgan fingerprint density at radius 2 is 1.85 bits per heavy atom. The fourth-order valence-corrected chi connectivity index (χ4v) is 1.76. The number of anilines is 1. The molecule has 0 aliphatic carbocycles. The molecule has 0 heterocycles. The molecule has 0 fully saturated rings. The lowest BCUT2D eigenvalue weighted by Gasteiger charge is -2.09. The predicted molar refractivity (Wildman–Crippen MR) is 68.5 cm³/mol. The lowest BCUT2D eigenvalue weighted by Crippen LogP contribution is -2.05. The van der Waals surface area contributed by atoms with Gasteiger partial charge >= 0.3 is 5.97 Å². The number of nitrogens with one attached hydrogen (secondary N) is 1. The van der Waals surface area contributed by atoms with Crippen molar-refractivity contribution < 1.29 is 14.3 Å². The van der Waals surface area contributed by atoms with Gasteiger partial charge in [-0.15, -0.1) is 0 Å². The molecule has 0 aromatic heterocycles. The highest BCUT2D eigenvalue weighted by Gasteiger charge is 2.15. The molecular weight excluding hydrogens is 331 g/mol. The topological polar surface area (TPSA) is 121 Å². The van der Waals surface area contributed by atoms with Gasteiger partial charge in [-0.05, 0) is 28.1 Å². The zero-order valence-corrected chi connectivity index (χ0v) is 11.2. The molecule has 2 N–H and O–H groups in total. The Balaban J connectivity index is 3.35. The number of benzene rings is 1. The Morgan fingerprint density at radius 1 is 1.25 bits per heavy atom. The first-order valence-electron chi connectivity index (χ1n) is 4.88. The van der Waals surface area contributed by atoms with Crippen LogP contribution in [0.15, 0.2) is 27.9 Å². The summed E-state index contributed by atoms with van der Waals surface area (Å²) >= 11 is 2.95. The van der Waals surface area contributed by atoms with Gasteiger partial charge in [-0.1, -0.05) is 0 Å². The monoisotopic (exact) mass is 334 g/mol. The van der Waals surface area contributed by atoms with Crippen molar-refractivity contribution >= 4 is 27.6 Å². The second-order valence-electron chi connectivity index (χ2n) is 3.33. The summed E-state index contributed by atoms with van der Waals surface area (Å²) in [5.74, 6) is -2.26. The summed E-state index contributed by atoms with van der Waals surface area (Å²) in [4.78, 5) is 10.7. The lowest BCUT2D eigenvalue weighted by atomic mass is 10.2. The highest BCUT2D eigenvalue weighted by molar-refractivity contribution is 9.10. The van der Waals surface area contributed by atoms with E-state index >= 15 is 0 Å². The summed E-state index contributed by atoms with van der Waals surface area (Å²) in [7, 11) is 0. The Morgan fingerprint density at radius 3 is 2.25 bits per heavy atom. The van der Waals surface area contributed by atoms with E-state index in [-0.39, 0.29) is 15.7 Å². The van der Waals surface area contributed by atoms with E-state index in [9.17, 15) is 9.18 Å². The van der Waals surface area contributed by atoms with Gasteiger partial charge in [0.05, 0.1) is 11.3 Å². The average Bonchev–Trinajstić information content (AvgIpc) is 2.41. The molecule has 0 amide bonds. The Labute approximate surface area is 121 Å². The van der Waals surface area contributed by atoms with Crippen molar-refractivity contribution in [3.05, 3.63) is 39.3 Å². The quantitative estimate of drug-likeness (QED) is 0.819. The Kier molecular flexibility index (Phi) is 4.80. The zero-order chi connectivity index (χ0) is 15.3. The average molecular weight is 335 g/mol. The number of hydrogen-bond donors (Lipinski definition) is 2. The maximum atomic E-state index is 13.8. The standard InChI is InChI=1S/C12H4BrFN4O2/c13-8-1-6(12(19)20)2-9(14)11(8)18-10(5-17)7(3-15)4-16/h1-2,18H,(H,19,20). The number of hydrogen-bond acceptors (Lipinski definition) is 5. The van der Waals surface area contributed by atoms with Gasteiger partial charge in [0.2, 0.25) is 0 Å². The van der Waals surface area contributed by atoms with Crippen LogP contribution in [-0.4, -0.2) is 11.1 Å². The summed E-state index contributed by atoms with van der Waals surface area (Å²) in [5.41, 5.74) is -1.48. The third-order valence-electron chi connectivity index (χ3n) is 2.12. The molecule has 8 heteroatoms. The van der Waals surface area contributed by atoms with E-state index in [0.717, 1.165) is 12.1 Å². The molecule has 0 saturated heterocycles. The Bertz CT molecular complexity index is 698. The molecule has 0 radical (unpaired) electrons. The highest BCUT2D eigenvalue weighted by atomic mass is 79.9. The van der Waals surface area contributed by atoms with E-state index in [0.29, 0.717) is 0 Å². The third kappa shape index (κ3) is 3.11. The molecule has 0 spiro atoms. The minimum atomic E-state index is -1.32. The first kappa shape index (κ1) is 15.2. The molecule has 98 valence electrons. The maximum Gasteiger partial charge on any atom is 0.335 e. The van der Waals surface area contributed by atoms with Crippen LogP contribution in [0.1, 0.15) is 10.4 Å².